The summed E-state index contributed by atoms with van der Waals surface area (Å²) in [6, 6.07) is 9.37. The summed E-state index contributed by atoms with van der Waals surface area (Å²) in [7, 11) is 1.60. The quantitative estimate of drug-likeness (QED) is 0.560. The van der Waals surface area contributed by atoms with E-state index in [2.05, 4.69) is 4.98 Å². The molecular weight excluding hydrogens is 430 g/mol. The second-order valence-corrected chi connectivity index (χ2v) is 7.87. The van der Waals surface area contributed by atoms with Crippen LogP contribution < -0.4 is 15.2 Å². The molecule has 6 nitrogen and oxygen atoms in total. The average molecular weight is 447 g/mol. The van der Waals surface area contributed by atoms with Gasteiger partial charge in [0.05, 0.1) is 16.2 Å². The van der Waals surface area contributed by atoms with Crippen LogP contribution in [0.3, 0.4) is 0 Å². The highest BCUT2D eigenvalue weighted by molar-refractivity contribution is 6.32. The minimum Gasteiger partial charge on any atom is -0.489 e. The number of benzene rings is 1. The first-order chi connectivity index (χ1) is 14.4. The number of nitriles is 1. The maximum atomic E-state index is 13.5. The van der Waals surface area contributed by atoms with Crippen molar-refractivity contribution in [2.45, 2.75) is 18.9 Å². The summed E-state index contributed by atoms with van der Waals surface area (Å²) in [6.45, 7) is 1.06. The highest BCUT2D eigenvalue weighted by Crippen LogP contribution is 2.32. The standard InChI is InChI=1S/C21H17Cl2FN4O2/c1-27-16-4-5-18(23)26-19(16)20(14(11-25)21(27)29)28-8-6-13(7-9-28)30-17-10-12(24)2-3-15(17)22/h2-5,10,13H,6-9H2,1H3. The maximum Gasteiger partial charge on any atom is 0.270 e. The van der Waals surface area contributed by atoms with Crippen molar-refractivity contribution in [3.8, 4) is 11.8 Å². The number of rotatable bonds is 3. The zero-order valence-electron chi connectivity index (χ0n) is 16.0. The molecule has 0 radical (unpaired) electrons. The summed E-state index contributed by atoms with van der Waals surface area (Å²) in [5.41, 5.74) is 1.25. The third kappa shape index (κ3) is 3.69. The number of pyridine rings is 2. The Labute approximate surface area is 182 Å². The van der Waals surface area contributed by atoms with Crippen molar-refractivity contribution in [2.24, 2.45) is 7.05 Å². The number of ether oxygens (including phenoxy) is 1. The topological polar surface area (TPSA) is 71.2 Å². The Balaban J connectivity index is 1.64. The van der Waals surface area contributed by atoms with Crippen molar-refractivity contribution in [1.82, 2.24) is 9.55 Å². The Morgan fingerprint density at radius 2 is 1.97 bits per heavy atom. The highest BCUT2D eigenvalue weighted by atomic mass is 35.5. The summed E-state index contributed by atoms with van der Waals surface area (Å²) in [6.07, 6.45) is 1.05. The second kappa shape index (κ2) is 8.13. The average Bonchev–Trinajstić information content (AvgIpc) is 2.74. The largest absolute Gasteiger partial charge is 0.489 e. The molecule has 30 heavy (non-hydrogen) atoms. The lowest BCUT2D eigenvalue weighted by Crippen LogP contribution is -2.40. The predicted molar refractivity (Wildman–Crippen MR) is 114 cm³/mol. The zero-order valence-corrected chi connectivity index (χ0v) is 17.5. The van der Waals surface area contributed by atoms with E-state index in [0.717, 1.165) is 0 Å². The van der Waals surface area contributed by atoms with Gasteiger partial charge in [-0.25, -0.2) is 9.37 Å². The fourth-order valence-corrected chi connectivity index (χ4v) is 4.03. The van der Waals surface area contributed by atoms with Crippen LogP contribution in [0.25, 0.3) is 11.0 Å². The molecule has 3 heterocycles. The zero-order chi connectivity index (χ0) is 21.4. The SMILES string of the molecule is Cn1c(=O)c(C#N)c(N2CCC(Oc3cc(F)ccc3Cl)CC2)c2nc(Cl)ccc21. The number of aryl methyl sites for hydroxylation is 1. The minimum absolute atomic E-state index is 0.0345. The first kappa shape index (κ1) is 20.5. The van der Waals surface area contributed by atoms with Crippen LogP contribution in [-0.2, 0) is 7.05 Å². The molecule has 1 fully saturated rings. The van der Waals surface area contributed by atoms with Crippen LogP contribution in [0.2, 0.25) is 10.2 Å². The molecule has 0 amide bonds. The molecule has 0 saturated carbocycles. The van der Waals surface area contributed by atoms with E-state index in [4.69, 9.17) is 27.9 Å². The number of halogens is 3. The summed E-state index contributed by atoms with van der Waals surface area (Å²) < 4.78 is 20.8. The Bertz CT molecular complexity index is 1230. The molecule has 0 unspecified atom stereocenters. The van der Waals surface area contributed by atoms with E-state index in [1.807, 2.05) is 11.0 Å². The number of aromatic nitrogens is 2. The molecule has 3 aromatic rings. The molecule has 1 aromatic carbocycles. The minimum atomic E-state index is -0.417. The molecule has 0 aliphatic carbocycles. The van der Waals surface area contributed by atoms with Gasteiger partial charge in [-0.1, -0.05) is 23.2 Å². The van der Waals surface area contributed by atoms with Crippen molar-refractivity contribution in [3.63, 3.8) is 0 Å². The van der Waals surface area contributed by atoms with Crippen molar-refractivity contribution >= 4 is 39.9 Å². The molecule has 154 valence electrons. The van der Waals surface area contributed by atoms with Gasteiger partial charge in [0.2, 0.25) is 0 Å². The van der Waals surface area contributed by atoms with E-state index < -0.39 is 5.82 Å². The van der Waals surface area contributed by atoms with Crippen LogP contribution in [0.1, 0.15) is 18.4 Å². The van der Waals surface area contributed by atoms with Crippen LogP contribution in [0.4, 0.5) is 10.1 Å². The third-order valence-electron chi connectivity index (χ3n) is 5.24. The Kier molecular flexibility index (Phi) is 5.54. The van der Waals surface area contributed by atoms with E-state index in [-0.39, 0.29) is 22.4 Å². The number of fused-ring (bicyclic) bond motifs is 1. The van der Waals surface area contributed by atoms with Gasteiger partial charge in [-0.3, -0.25) is 4.79 Å². The normalized spacial score (nSPS) is 14.7. The summed E-state index contributed by atoms with van der Waals surface area (Å²) in [4.78, 5) is 19.1. The van der Waals surface area contributed by atoms with Gasteiger partial charge in [-0.05, 0) is 24.3 Å². The van der Waals surface area contributed by atoms with Gasteiger partial charge in [0.25, 0.3) is 5.56 Å². The molecule has 2 aromatic heterocycles. The van der Waals surface area contributed by atoms with Gasteiger partial charge in [-0.2, -0.15) is 5.26 Å². The van der Waals surface area contributed by atoms with Gasteiger partial charge in [0.1, 0.15) is 40.0 Å². The molecular formula is C21H17Cl2FN4O2. The highest BCUT2D eigenvalue weighted by Gasteiger charge is 2.27. The molecule has 4 rings (SSSR count). The van der Waals surface area contributed by atoms with E-state index in [0.29, 0.717) is 53.4 Å². The molecule has 0 N–H and O–H groups in total. The van der Waals surface area contributed by atoms with Gasteiger partial charge in [0.15, 0.2) is 0 Å². The molecule has 9 heteroatoms. The monoisotopic (exact) mass is 446 g/mol. The van der Waals surface area contributed by atoms with E-state index >= 15 is 0 Å². The fraction of sp³-hybridized carbons (Fsp3) is 0.286. The molecule has 1 aliphatic heterocycles. The van der Waals surface area contributed by atoms with Crippen molar-refractivity contribution in [3.05, 3.63) is 62.2 Å². The first-order valence-corrected chi connectivity index (χ1v) is 10.1. The van der Waals surface area contributed by atoms with E-state index in [1.54, 1.807) is 19.2 Å². The van der Waals surface area contributed by atoms with Gasteiger partial charge in [-0.15, -0.1) is 0 Å². The van der Waals surface area contributed by atoms with Crippen LogP contribution in [0, 0.1) is 17.1 Å². The number of hydrogen-bond acceptors (Lipinski definition) is 5. The van der Waals surface area contributed by atoms with Gasteiger partial charge in [0, 0.05) is 39.0 Å². The van der Waals surface area contributed by atoms with Crippen LogP contribution in [0.15, 0.2) is 35.1 Å². The predicted octanol–water partition coefficient (Wildman–Crippen LogP) is 4.30. The number of nitrogens with zero attached hydrogens (tertiary/aromatic N) is 4. The Morgan fingerprint density at radius 3 is 2.67 bits per heavy atom. The van der Waals surface area contributed by atoms with E-state index in [9.17, 15) is 14.4 Å². The van der Waals surface area contributed by atoms with Gasteiger partial charge >= 0.3 is 0 Å². The van der Waals surface area contributed by atoms with Crippen LogP contribution in [-0.4, -0.2) is 28.7 Å². The smallest absolute Gasteiger partial charge is 0.270 e. The van der Waals surface area contributed by atoms with Crippen molar-refractivity contribution in [1.29, 1.82) is 5.26 Å². The third-order valence-corrected chi connectivity index (χ3v) is 5.76. The summed E-state index contributed by atoms with van der Waals surface area (Å²) in [5.74, 6) is -0.111. The fourth-order valence-electron chi connectivity index (χ4n) is 3.72. The Morgan fingerprint density at radius 1 is 1.23 bits per heavy atom. The Hall–Kier alpha value is -2.82. The molecule has 0 bridgehead atoms. The van der Waals surface area contributed by atoms with Gasteiger partial charge < -0.3 is 14.2 Å². The number of piperidine rings is 1. The van der Waals surface area contributed by atoms with Crippen LogP contribution in [0.5, 0.6) is 5.75 Å². The van der Waals surface area contributed by atoms with Crippen molar-refractivity contribution < 1.29 is 9.13 Å². The second-order valence-electron chi connectivity index (χ2n) is 7.08. The summed E-state index contributed by atoms with van der Waals surface area (Å²) >= 11 is 12.2. The lowest BCUT2D eigenvalue weighted by molar-refractivity contribution is 0.170. The lowest BCUT2D eigenvalue weighted by Gasteiger charge is -2.34. The summed E-state index contributed by atoms with van der Waals surface area (Å²) in [5, 5.41) is 10.3. The molecule has 0 spiro atoms. The first-order valence-electron chi connectivity index (χ1n) is 9.35. The molecule has 1 aliphatic rings. The number of anilines is 1. The molecule has 1 saturated heterocycles. The number of hydrogen-bond donors (Lipinski definition) is 0. The van der Waals surface area contributed by atoms with E-state index in [1.165, 1.54) is 22.8 Å². The van der Waals surface area contributed by atoms with Crippen LogP contribution >= 0.6 is 23.2 Å². The van der Waals surface area contributed by atoms with Crippen molar-refractivity contribution in [2.75, 3.05) is 18.0 Å². The maximum absolute atomic E-state index is 13.5. The lowest BCUT2D eigenvalue weighted by atomic mass is 10.0. The molecule has 0 atom stereocenters.